The van der Waals surface area contributed by atoms with Crippen LogP contribution in [0.25, 0.3) is 27.8 Å². The van der Waals surface area contributed by atoms with Crippen LogP contribution < -0.4 is 32.0 Å². The lowest BCUT2D eigenvalue weighted by Gasteiger charge is -2.16. The maximum absolute atomic E-state index is 6.14. The van der Waals surface area contributed by atoms with E-state index in [2.05, 4.69) is 101 Å². The second kappa shape index (κ2) is 17.2. The van der Waals surface area contributed by atoms with Crippen molar-refractivity contribution in [2.24, 2.45) is 4.99 Å². The van der Waals surface area contributed by atoms with Crippen molar-refractivity contribution in [2.45, 2.75) is 58.8 Å². The van der Waals surface area contributed by atoms with E-state index in [0.717, 1.165) is 93.5 Å². The molecule has 0 spiro atoms. The number of allylic oxidation sites excluding steroid dienone is 3. The first-order valence-corrected chi connectivity index (χ1v) is 19.3. The van der Waals surface area contributed by atoms with Crippen LogP contribution in [0.15, 0.2) is 138 Å². The summed E-state index contributed by atoms with van der Waals surface area (Å²) in [6, 6.07) is 37.1. The Morgan fingerprint density at radius 1 is 0.704 bits per heavy atom. The first-order valence-electron chi connectivity index (χ1n) is 19.3. The molecule has 0 saturated heterocycles. The zero-order valence-electron chi connectivity index (χ0n) is 31.5. The van der Waals surface area contributed by atoms with Gasteiger partial charge in [-0.05, 0) is 86.4 Å². The van der Waals surface area contributed by atoms with Crippen molar-refractivity contribution in [3.05, 3.63) is 138 Å². The molecule has 6 aromatic rings. The molecule has 0 unspecified atom stereocenters. The Bertz CT molecular complexity index is 2330. The second-order valence-electron chi connectivity index (χ2n) is 14.3. The number of nitrogen functional groups attached to an aromatic ring is 2. The predicted octanol–water partition coefficient (Wildman–Crippen LogP) is 9.01. The number of anilines is 3. The number of quaternary nitrogens is 1. The molecule has 274 valence electrons. The Labute approximate surface area is 318 Å². The summed E-state index contributed by atoms with van der Waals surface area (Å²) in [5, 5.41) is 9.55. The summed E-state index contributed by atoms with van der Waals surface area (Å²) in [5.74, 6) is 0. The molecule has 8 nitrogen and oxygen atoms in total. The molecule has 0 saturated carbocycles. The number of rotatable bonds is 15. The quantitative estimate of drug-likeness (QED) is 0.0314. The van der Waals surface area contributed by atoms with E-state index in [1.165, 1.54) is 48.9 Å². The Hall–Kier alpha value is -5.99. The molecule has 0 aliphatic heterocycles. The van der Waals surface area contributed by atoms with Gasteiger partial charge < -0.3 is 22.1 Å². The van der Waals surface area contributed by atoms with Crippen molar-refractivity contribution in [3.63, 3.8) is 0 Å². The minimum absolute atomic E-state index is 0.717. The Balaban J connectivity index is 0.850. The number of fused-ring (bicyclic) bond motifs is 2. The molecule has 0 radical (unpaired) electrons. The van der Waals surface area contributed by atoms with Crippen LogP contribution in [0.1, 0.15) is 57.4 Å². The number of nitrogens with zero attached hydrogens (tertiary/aromatic N) is 3. The molecule has 0 amide bonds. The number of benzene rings is 5. The molecular formula is C46H52N8+2. The van der Waals surface area contributed by atoms with Crippen LogP contribution in [0.2, 0.25) is 0 Å². The van der Waals surface area contributed by atoms with Crippen LogP contribution in [0.5, 0.6) is 0 Å². The molecule has 1 heterocycles. The van der Waals surface area contributed by atoms with Crippen LogP contribution in [-0.2, 0) is 0 Å². The Morgan fingerprint density at radius 3 is 2.13 bits per heavy atom. The lowest BCUT2D eigenvalue weighted by molar-refractivity contribution is -0.538. The van der Waals surface area contributed by atoms with Gasteiger partial charge in [0.1, 0.15) is 22.4 Å². The van der Waals surface area contributed by atoms with Gasteiger partial charge in [-0.25, -0.2) is 9.98 Å². The maximum Gasteiger partial charge on any atom is 0.239 e. The molecule has 0 atom stereocenters. The fraction of sp³-hybridized carbons (Fsp3) is 0.239. The number of hydrogen-bond acceptors (Lipinski definition) is 6. The SMILES string of the molecule is CC1=CC(=Nc2cc(N)ccc2[NH2+]c2ccccc2)CC=C1NCCCCCCCCNc1cc2c(cc1C)nc1cc(N)ccc1[n+]2-c1ccccc1. The van der Waals surface area contributed by atoms with Crippen LogP contribution in [-0.4, -0.2) is 23.8 Å². The molecule has 8 N–H and O–H groups in total. The van der Waals surface area contributed by atoms with E-state index in [4.69, 9.17) is 21.4 Å². The van der Waals surface area contributed by atoms with Crippen molar-refractivity contribution in [3.8, 4) is 5.69 Å². The average Bonchev–Trinajstić information content (AvgIpc) is 3.17. The molecule has 0 bridgehead atoms. The Kier molecular flexibility index (Phi) is 11.6. The summed E-state index contributed by atoms with van der Waals surface area (Å²) in [4.78, 5) is 10.0. The number of aliphatic imine (C=N–C) groups is 1. The molecule has 8 heteroatoms. The van der Waals surface area contributed by atoms with E-state index < -0.39 is 0 Å². The first-order chi connectivity index (χ1) is 26.4. The molecule has 1 aliphatic rings. The third kappa shape index (κ3) is 8.96. The first kappa shape index (κ1) is 36.4. The fourth-order valence-electron chi connectivity index (χ4n) is 7.18. The number of hydrogen-bond donors (Lipinski definition) is 5. The van der Waals surface area contributed by atoms with Crippen LogP contribution in [0, 0.1) is 6.92 Å². The normalized spacial score (nSPS) is 13.6. The Morgan fingerprint density at radius 2 is 1.37 bits per heavy atom. The molecule has 5 aromatic carbocycles. The molecular weight excluding hydrogens is 665 g/mol. The van der Waals surface area contributed by atoms with Gasteiger partial charge in [0.05, 0.1) is 0 Å². The van der Waals surface area contributed by atoms with Gasteiger partial charge in [-0.2, -0.15) is 0 Å². The average molecular weight is 717 g/mol. The largest absolute Gasteiger partial charge is 0.399 e. The van der Waals surface area contributed by atoms with E-state index in [1.54, 1.807) is 0 Å². The minimum atomic E-state index is 0.717. The lowest BCUT2D eigenvalue weighted by Crippen LogP contribution is -2.70. The van der Waals surface area contributed by atoms with Crippen LogP contribution in [0.3, 0.4) is 0 Å². The van der Waals surface area contributed by atoms with Crippen LogP contribution in [0.4, 0.5) is 34.1 Å². The van der Waals surface area contributed by atoms with Crippen LogP contribution >= 0.6 is 0 Å². The summed E-state index contributed by atoms with van der Waals surface area (Å²) >= 11 is 0. The van der Waals surface area contributed by atoms with E-state index in [1.807, 2.05) is 54.6 Å². The van der Waals surface area contributed by atoms with Crippen molar-refractivity contribution in [1.82, 2.24) is 10.3 Å². The van der Waals surface area contributed by atoms with Gasteiger partial charge >= 0.3 is 0 Å². The molecule has 1 aromatic heterocycles. The van der Waals surface area contributed by atoms with E-state index in [0.29, 0.717) is 0 Å². The third-order valence-corrected chi connectivity index (χ3v) is 10.1. The third-order valence-electron chi connectivity index (χ3n) is 10.1. The van der Waals surface area contributed by atoms with E-state index in [-0.39, 0.29) is 0 Å². The summed E-state index contributed by atoms with van der Waals surface area (Å²) < 4.78 is 2.29. The van der Waals surface area contributed by atoms with Crippen molar-refractivity contribution >= 4 is 61.9 Å². The summed E-state index contributed by atoms with van der Waals surface area (Å²) in [6.45, 7) is 6.25. The van der Waals surface area contributed by atoms with Gasteiger partial charge in [0.15, 0.2) is 5.69 Å². The number of aryl methyl sites for hydroxylation is 1. The highest BCUT2D eigenvalue weighted by Gasteiger charge is 2.21. The predicted molar refractivity (Wildman–Crippen MR) is 226 cm³/mol. The van der Waals surface area contributed by atoms with E-state index >= 15 is 0 Å². The molecule has 7 rings (SSSR count). The summed E-state index contributed by atoms with van der Waals surface area (Å²) in [6.07, 6.45) is 12.5. The number of aromatic nitrogens is 2. The second-order valence-corrected chi connectivity index (χ2v) is 14.3. The highest BCUT2D eigenvalue weighted by atomic mass is 15.0. The summed E-state index contributed by atoms with van der Waals surface area (Å²) in [5.41, 5.74) is 27.7. The molecule has 1 aliphatic carbocycles. The maximum atomic E-state index is 6.14. The number of unbranched alkanes of at least 4 members (excludes halogenated alkanes) is 5. The minimum Gasteiger partial charge on any atom is -0.399 e. The standard InChI is InChI=1S/C46H50N8/c1-32-27-37(52-42-29-34(47)19-22-40(42)51-36-15-9-7-10-16-36)21-23-39(32)49-25-13-5-3-4-6-14-26-50-41-31-46-43(28-33(41)2)53-44-30-35(48)20-24-45(44)54(46)38-17-11-8-12-18-38/h7-12,15-20,22-24,27-31,49H,3-6,13-14,21,25-26,48H2,1-2H3,(H3,47,50,51,53)/p+2. The number of nitrogens with one attached hydrogen (secondary N) is 2. The number of para-hydroxylation sites is 2. The van der Waals surface area contributed by atoms with Crippen molar-refractivity contribution in [2.75, 3.05) is 29.9 Å². The van der Waals surface area contributed by atoms with Gasteiger partial charge in [0, 0.05) is 78.3 Å². The van der Waals surface area contributed by atoms with Gasteiger partial charge in [0.25, 0.3) is 0 Å². The smallest absolute Gasteiger partial charge is 0.239 e. The lowest BCUT2D eigenvalue weighted by atomic mass is 10.0. The molecule has 0 fully saturated rings. The van der Waals surface area contributed by atoms with Gasteiger partial charge in [0.2, 0.25) is 16.7 Å². The monoisotopic (exact) mass is 716 g/mol. The highest BCUT2D eigenvalue weighted by molar-refractivity contribution is 6.00. The topological polar surface area (TPSA) is 122 Å². The zero-order valence-corrected chi connectivity index (χ0v) is 31.5. The van der Waals surface area contributed by atoms with Crippen molar-refractivity contribution < 1.29 is 9.88 Å². The number of nitrogens with two attached hydrogens (primary N) is 3. The van der Waals surface area contributed by atoms with E-state index in [9.17, 15) is 0 Å². The van der Waals surface area contributed by atoms with Gasteiger partial charge in [-0.15, -0.1) is 4.57 Å². The summed E-state index contributed by atoms with van der Waals surface area (Å²) in [7, 11) is 0. The zero-order chi connectivity index (χ0) is 37.3. The van der Waals surface area contributed by atoms with Gasteiger partial charge in [-0.3, -0.25) is 5.32 Å². The highest BCUT2D eigenvalue weighted by Crippen LogP contribution is 2.28. The van der Waals surface area contributed by atoms with Crippen molar-refractivity contribution in [1.29, 1.82) is 0 Å². The van der Waals surface area contributed by atoms with Gasteiger partial charge in [-0.1, -0.05) is 68.2 Å². The fourth-order valence-corrected chi connectivity index (χ4v) is 7.18. The molecule has 54 heavy (non-hydrogen) atoms.